The molecule has 1 atom stereocenters. The van der Waals surface area contributed by atoms with E-state index in [-0.39, 0.29) is 29.5 Å². The van der Waals surface area contributed by atoms with Crippen molar-refractivity contribution in [3.63, 3.8) is 0 Å². The summed E-state index contributed by atoms with van der Waals surface area (Å²) in [6, 6.07) is 28.8. The Morgan fingerprint density at radius 1 is 0.795 bits per heavy atom. The highest BCUT2D eigenvalue weighted by molar-refractivity contribution is 7.92. The van der Waals surface area contributed by atoms with Gasteiger partial charge >= 0.3 is 0 Å². The van der Waals surface area contributed by atoms with Crippen molar-refractivity contribution < 1.29 is 27.5 Å². The monoisotopic (exact) mass is 615 g/mol. The molecule has 0 aliphatic carbocycles. The second kappa shape index (κ2) is 14.6. The topological polar surface area (TPSA) is 105 Å². The van der Waals surface area contributed by atoms with E-state index in [0.29, 0.717) is 11.5 Å². The maximum atomic E-state index is 14.4. The molecule has 0 saturated carbocycles. The van der Waals surface area contributed by atoms with Gasteiger partial charge in [0, 0.05) is 26.1 Å². The average Bonchev–Trinajstić information content (AvgIpc) is 3.05. The van der Waals surface area contributed by atoms with Crippen molar-refractivity contribution in [2.75, 3.05) is 32.1 Å². The Hall–Kier alpha value is -4.83. The lowest BCUT2D eigenvalue weighted by Crippen LogP contribution is -2.53. The van der Waals surface area contributed by atoms with Gasteiger partial charge in [0.05, 0.1) is 24.8 Å². The van der Waals surface area contributed by atoms with Crippen molar-refractivity contribution >= 4 is 27.5 Å². The summed E-state index contributed by atoms with van der Waals surface area (Å²) in [7, 11) is 0.209. The number of sulfonamides is 1. The number of carbonyl (C=O) groups excluding carboxylic acids is 2. The molecule has 4 rings (SSSR count). The van der Waals surface area contributed by atoms with E-state index in [1.165, 1.54) is 44.4 Å². The number of carbonyl (C=O) groups is 2. The number of hydrogen-bond acceptors (Lipinski definition) is 6. The zero-order valence-electron chi connectivity index (χ0n) is 25.3. The standard InChI is InChI=1S/C34H37N3O6S/c1-25-15-18-29(19-16-25)44(40,41)37(28-17-20-31(42-3)32(22-28)43-4)24-33(38)36(23-27-13-9-6-10-14-27)30(34(39)35-2)21-26-11-7-5-8-12-26/h5-20,22,30H,21,23-24H2,1-4H3,(H,35,39). The molecular weight excluding hydrogens is 578 g/mol. The number of nitrogens with zero attached hydrogens (tertiary/aromatic N) is 2. The van der Waals surface area contributed by atoms with Crippen LogP contribution in [0.2, 0.25) is 0 Å². The fourth-order valence-corrected chi connectivity index (χ4v) is 6.25. The number of likely N-dealkylation sites (N-methyl/N-ethyl adjacent to an activating group) is 1. The first-order chi connectivity index (χ1) is 21.2. The third kappa shape index (κ3) is 7.57. The second-order valence-electron chi connectivity index (χ2n) is 10.2. The molecule has 4 aromatic carbocycles. The summed E-state index contributed by atoms with van der Waals surface area (Å²) in [5, 5.41) is 2.69. The summed E-state index contributed by atoms with van der Waals surface area (Å²) in [4.78, 5) is 29.2. The highest BCUT2D eigenvalue weighted by Crippen LogP contribution is 2.34. The van der Waals surface area contributed by atoms with E-state index in [4.69, 9.17) is 9.47 Å². The number of aryl methyl sites for hydroxylation is 1. The van der Waals surface area contributed by atoms with E-state index in [2.05, 4.69) is 5.32 Å². The largest absolute Gasteiger partial charge is 0.493 e. The quantitative estimate of drug-likeness (QED) is 0.236. The minimum Gasteiger partial charge on any atom is -0.493 e. The molecule has 1 unspecified atom stereocenters. The summed E-state index contributed by atoms with van der Waals surface area (Å²) >= 11 is 0. The number of hydrogen-bond donors (Lipinski definition) is 1. The molecule has 0 aliphatic rings. The Bertz CT molecular complexity index is 1660. The zero-order chi connectivity index (χ0) is 31.7. The highest BCUT2D eigenvalue weighted by atomic mass is 32.2. The van der Waals surface area contributed by atoms with Crippen molar-refractivity contribution in [1.82, 2.24) is 10.2 Å². The maximum absolute atomic E-state index is 14.4. The second-order valence-corrected chi connectivity index (χ2v) is 12.1. The predicted octanol–water partition coefficient (Wildman–Crippen LogP) is 4.59. The van der Waals surface area contributed by atoms with Gasteiger partial charge in [-0.25, -0.2) is 8.42 Å². The fraction of sp³-hybridized carbons (Fsp3) is 0.235. The first-order valence-electron chi connectivity index (χ1n) is 14.1. The number of anilines is 1. The maximum Gasteiger partial charge on any atom is 0.264 e. The zero-order valence-corrected chi connectivity index (χ0v) is 26.1. The third-order valence-electron chi connectivity index (χ3n) is 7.26. The van der Waals surface area contributed by atoms with Gasteiger partial charge in [-0.2, -0.15) is 0 Å². The summed E-state index contributed by atoms with van der Waals surface area (Å²) in [5.41, 5.74) is 2.75. The van der Waals surface area contributed by atoms with Crippen LogP contribution in [-0.2, 0) is 32.6 Å². The number of ether oxygens (including phenoxy) is 2. The lowest BCUT2D eigenvalue weighted by Gasteiger charge is -2.33. The summed E-state index contributed by atoms with van der Waals surface area (Å²) in [6.07, 6.45) is 0.236. The van der Waals surface area contributed by atoms with E-state index in [1.54, 1.807) is 24.3 Å². The van der Waals surface area contributed by atoms with E-state index in [0.717, 1.165) is 21.0 Å². The van der Waals surface area contributed by atoms with Gasteiger partial charge in [-0.1, -0.05) is 78.4 Å². The molecule has 0 radical (unpaired) electrons. The van der Waals surface area contributed by atoms with Gasteiger partial charge in [0.1, 0.15) is 12.6 Å². The van der Waals surface area contributed by atoms with Crippen molar-refractivity contribution in [2.24, 2.45) is 0 Å². The van der Waals surface area contributed by atoms with Crippen LogP contribution in [0.1, 0.15) is 16.7 Å². The first-order valence-corrected chi connectivity index (χ1v) is 15.5. The van der Waals surface area contributed by atoms with Crippen LogP contribution in [0.5, 0.6) is 11.5 Å². The van der Waals surface area contributed by atoms with Crippen molar-refractivity contribution in [2.45, 2.75) is 30.8 Å². The first kappa shape index (κ1) is 32.1. The molecule has 0 saturated heterocycles. The van der Waals surface area contributed by atoms with Crippen LogP contribution in [0, 0.1) is 6.92 Å². The Morgan fingerprint density at radius 3 is 1.95 bits per heavy atom. The molecule has 9 nitrogen and oxygen atoms in total. The van der Waals surface area contributed by atoms with Crippen LogP contribution < -0.4 is 19.1 Å². The molecule has 1 N–H and O–H groups in total. The van der Waals surface area contributed by atoms with Crippen LogP contribution >= 0.6 is 0 Å². The van der Waals surface area contributed by atoms with Gasteiger partial charge in [-0.05, 0) is 42.3 Å². The van der Waals surface area contributed by atoms with Gasteiger partial charge in [0.2, 0.25) is 11.8 Å². The summed E-state index contributed by atoms with van der Waals surface area (Å²) in [5.74, 6) is -0.209. The van der Waals surface area contributed by atoms with Crippen LogP contribution in [0.4, 0.5) is 5.69 Å². The number of nitrogens with one attached hydrogen (secondary N) is 1. The Kier molecular flexibility index (Phi) is 10.6. The van der Waals surface area contributed by atoms with E-state index < -0.39 is 28.5 Å². The van der Waals surface area contributed by atoms with Gasteiger partial charge in [-0.3, -0.25) is 13.9 Å². The summed E-state index contributed by atoms with van der Waals surface area (Å²) < 4.78 is 40.2. The molecule has 0 aliphatic heterocycles. The SMILES string of the molecule is CNC(=O)C(Cc1ccccc1)N(Cc1ccccc1)C(=O)CN(c1ccc(OC)c(OC)c1)S(=O)(=O)c1ccc(C)cc1. The number of benzene rings is 4. The number of methoxy groups -OCH3 is 2. The Labute approximate surface area is 259 Å². The van der Waals surface area contributed by atoms with E-state index >= 15 is 0 Å². The van der Waals surface area contributed by atoms with E-state index in [9.17, 15) is 18.0 Å². The summed E-state index contributed by atoms with van der Waals surface area (Å²) in [6.45, 7) is 1.38. The van der Waals surface area contributed by atoms with Crippen molar-refractivity contribution in [1.29, 1.82) is 0 Å². The number of amides is 2. The third-order valence-corrected chi connectivity index (χ3v) is 9.04. The lowest BCUT2D eigenvalue weighted by atomic mass is 10.0. The van der Waals surface area contributed by atoms with Gasteiger partial charge in [0.15, 0.2) is 11.5 Å². The van der Waals surface area contributed by atoms with Gasteiger partial charge < -0.3 is 19.7 Å². The van der Waals surface area contributed by atoms with Crippen molar-refractivity contribution in [3.05, 3.63) is 120 Å². The molecule has 10 heteroatoms. The fourth-order valence-electron chi connectivity index (χ4n) is 4.85. The lowest BCUT2D eigenvalue weighted by molar-refractivity contribution is -0.139. The minimum absolute atomic E-state index is 0.0208. The Morgan fingerprint density at radius 2 is 1.39 bits per heavy atom. The number of rotatable bonds is 13. The van der Waals surface area contributed by atoms with E-state index in [1.807, 2.05) is 67.6 Å². The molecule has 2 amide bonds. The van der Waals surface area contributed by atoms with Crippen LogP contribution in [0.25, 0.3) is 0 Å². The normalized spacial score (nSPS) is 11.7. The highest BCUT2D eigenvalue weighted by Gasteiger charge is 2.34. The Balaban J connectivity index is 1.81. The van der Waals surface area contributed by atoms with Crippen LogP contribution in [0.15, 0.2) is 108 Å². The predicted molar refractivity (Wildman–Crippen MR) is 170 cm³/mol. The molecule has 44 heavy (non-hydrogen) atoms. The molecule has 230 valence electrons. The van der Waals surface area contributed by atoms with Crippen LogP contribution in [0.3, 0.4) is 0 Å². The molecule has 0 heterocycles. The molecule has 0 spiro atoms. The average molecular weight is 616 g/mol. The van der Waals surface area contributed by atoms with Gasteiger partial charge in [0.25, 0.3) is 10.0 Å². The smallest absolute Gasteiger partial charge is 0.264 e. The molecule has 0 fully saturated rings. The molecule has 0 aromatic heterocycles. The molecule has 4 aromatic rings. The molecule has 0 bridgehead atoms. The van der Waals surface area contributed by atoms with Gasteiger partial charge in [-0.15, -0.1) is 0 Å². The molecular formula is C34H37N3O6S. The van der Waals surface area contributed by atoms with Crippen LogP contribution in [-0.4, -0.2) is 59.0 Å². The minimum atomic E-state index is -4.24. The van der Waals surface area contributed by atoms with Crippen molar-refractivity contribution in [3.8, 4) is 11.5 Å².